The highest BCUT2D eigenvalue weighted by Gasteiger charge is 2.48. The second kappa shape index (κ2) is 9.01. The number of dihydropyridines is 1. The van der Waals surface area contributed by atoms with Crippen molar-refractivity contribution in [3.8, 4) is 11.3 Å². The smallest absolute Gasteiger partial charge is 0.0885 e. The highest BCUT2D eigenvalue weighted by Crippen LogP contribution is 2.61. The zero-order valence-corrected chi connectivity index (χ0v) is 22.6. The van der Waals surface area contributed by atoms with Gasteiger partial charge in [0.25, 0.3) is 0 Å². The zero-order chi connectivity index (χ0) is 25.8. The van der Waals surface area contributed by atoms with E-state index < -0.39 is 5.41 Å². The number of nitrogens with one attached hydrogen (secondary N) is 1. The first-order valence-electron chi connectivity index (χ1n) is 13.0. The molecule has 186 valence electrons. The van der Waals surface area contributed by atoms with Crippen molar-refractivity contribution in [3.05, 3.63) is 150 Å². The maximum absolute atomic E-state index is 4.60. The third kappa shape index (κ3) is 3.47. The summed E-state index contributed by atoms with van der Waals surface area (Å²) >= 11 is 3.73. The van der Waals surface area contributed by atoms with Crippen LogP contribution in [-0.2, 0) is 5.41 Å². The van der Waals surface area contributed by atoms with Crippen molar-refractivity contribution >= 4 is 29.2 Å². The van der Waals surface area contributed by atoms with E-state index in [2.05, 4.69) is 118 Å². The largest absolute Gasteiger partial charge is 0.381 e. The molecule has 4 heterocycles. The van der Waals surface area contributed by atoms with Gasteiger partial charge in [0, 0.05) is 49.8 Å². The Kier molecular flexibility index (Phi) is 5.28. The molecule has 0 saturated heterocycles. The summed E-state index contributed by atoms with van der Waals surface area (Å²) in [5.41, 5.74) is 9.26. The minimum Gasteiger partial charge on any atom is -0.381 e. The van der Waals surface area contributed by atoms with E-state index in [1.165, 1.54) is 47.4 Å². The van der Waals surface area contributed by atoms with Gasteiger partial charge in [-0.05, 0) is 58.2 Å². The molecule has 0 amide bonds. The number of fused-ring (bicyclic) bond motifs is 8. The molecule has 0 radical (unpaired) electrons. The summed E-state index contributed by atoms with van der Waals surface area (Å²) in [5.74, 6) is 0. The molecule has 5 heteroatoms. The fraction of sp³-hybridized carbons (Fsp3) is 0.0588. The molecule has 0 aliphatic carbocycles. The minimum atomic E-state index is -0.415. The molecule has 0 saturated carbocycles. The van der Waals surface area contributed by atoms with Crippen molar-refractivity contribution in [2.24, 2.45) is 0 Å². The third-order valence-electron chi connectivity index (χ3n) is 7.77. The minimum absolute atomic E-state index is 0.415. The molecule has 0 fully saturated rings. The van der Waals surface area contributed by atoms with Crippen molar-refractivity contribution in [1.82, 2.24) is 15.3 Å². The Bertz CT molecular complexity index is 1780. The summed E-state index contributed by atoms with van der Waals surface area (Å²) in [5, 5.41) is 3.54. The molecule has 0 bridgehead atoms. The Morgan fingerprint density at radius 2 is 1.31 bits per heavy atom. The molecule has 3 aliphatic rings. The van der Waals surface area contributed by atoms with Crippen LogP contribution >= 0.6 is 23.5 Å². The van der Waals surface area contributed by atoms with Gasteiger partial charge in [0.1, 0.15) is 0 Å². The monoisotopic (exact) mass is 537 g/mol. The van der Waals surface area contributed by atoms with E-state index in [0.717, 1.165) is 23.5 Å². The van der Waals surface area contributed by atoms with Crippen LogP contribution in [0.25, 0.3) is 17.0 Å². The lowest BCUT2D eigenvalue weighted by Gasteiger charge is -2.45. The van der Waals surface area contributed by atoms with Crippen molar-refractivity contribution < 1.29 is 0 Å². The lowest BCUT2D eigenvalue weighted by atomic mass is 9.64. The molecular weight excluding hydrogens is 515 g/mol. The zero-order valence-electron chi connectivity index (χ0n) is 21.0. The van der Waals surface area contributed by atoms with Crippen molar-refractivity contribution in [2.45, 2.75) is 25.0 Å². The molecule has 0 atom stereocenters. The number of nitrogens with zero attached hydrogens (tertiary/aromatic N) is 2. The van der Waals surface area contributed by atoms with Crippen LogP contribution in [0.15, 0.2) is 141 Å². The van der Waals surface area contributed by atoms with E-state index in [4.69, 9.17) is 0 Å². The van der Waals surface area contributed by atoms with Gasteiger partial charge in [-0.15, -0.1) is 0 Å². The van der Waals surface area contributed by atoms with Crippen LogP contribution in [-0.4, -0.2) is 16.5 Å². The molecule has 8 rings (SSSR count). The Labute approximate surface area is 236 Å². The van der Waals surface area contributed by atoms with Crippen molar-refractivity contribution in [3.63, 3.8) is 0 Å². The Balaban J connectivity index is 1.45. The summed E-state index contributed by atoms with van der Waals surface area (Å²) < 4.78 is 0. The van der Waals surface area contributed by atoms with Gasteiger partial charge in [-0.25, -0.2) is 0 Å². The number of rotatable bonds is 2. The van der Waals surface area contributed by atoms with E-state index in [1.54, 1.807) is 12.4 Å². The number of hydrogen-bond acceptors (Lipinski definition) is 5. The first-order chi connectivity index (χ1) is 19.3. The molecule has 3 nitrogen and oxygen atoms in total. The fourth-order valence-electron chi connectivity index (χ4n) is 6.10. The number of hydrogen-bond donors (Lipinski definition) is 1. The standard InChI is InChI=1S/C34H23N3S2/c1-3-10-30-24(7-1)34(25-8-2-4-11-31(25)38-30)26-14-12-22(28-9-5-6-16-36-28)19-32(26)39-33-20-23(13-15-27(33)34)29-21-35-17-18-37-29/h1-15,17-21,36H,16H2. The van der Waals surface area contributed by atoms with Crippen LogP contribution in [0.5, 0.6) is 0 Å². The molecule has 39 heavy (non-hydrogen) atoms. The maximum atomic E-state index is 4.60. The molecular formula is C34H23N3S2. The van der Waals surface area contributed by atoms with Gasteiger partial charge in [-0.1, -0.05) is 96.3 Å². The van der Waals surface area contributed by atoms with E-state index in [0.29, 0.717) is 0 Å². The van der Waals surface area contributed by atoms with Crippen LogP contribution in [0.1, 0.15) is 27.8 Å². The summed E-state index contributed by atoms with van der Waals surface area (Å²) in [7, 11) is 0. The lowest BCUT2D eigenvalue weighted by molar-refractivity contribution is 0.667. The maximum Gasteiger partial charge on any atom is 0.0885 e. The van der Waals surface area contributed by atoms with Crippen molar-refractivity contribution in [2.75, 3.05) is 6.54 Å². The molecule has 5 aromatic rings. The first-order valence-corrected chi connectivity index (χ1v) is 14.7. The SMILES string of the molecule is C1=CCNC(c2ccc3c(c2)Sc2cc(-c4cnccn4)ccc2C32c3ccccc3Sc3ccccc32)=C1. The predicted octanol–water partition coefficient (Wildman–Crippen LogP) is 7.96. The topological polar surface area (TPSA) is 37.8 Å². The van der Waals surface area contributed by atoms with Crippen LogP contribution in [0.3, 0.4) is 0 Å². The predicted molar refractivity (Wildman–Crippen MR) is 159 cm³/mol. The molecule has 1 aromatic heterocycles. The van der Waals surface area contributed by atoms with Crippen molar-refractivity contribution in [1.29, 1.82) is 0 Å². The van der Waals surface area contributed by atoms with Crippen LogP contribution in [0, 0.1) is 0 Å². The molecule has 4 aromatic carbocycles. The van der Waals surface area contributed by atoms with Gasteiger partial charge < -0.3 is 5.32 Å². The molecule has 0 unspecified atom stereocenters. The summed E-state index contributed by atoms with van der Waals surface area (Å²) in [4.78, 5) is 14.1. The summed E-state index contributed by atoms with van der Waals surface area (Å²) in [6.45, 7) is 0.849. The average molecular weight is 538 g/mol. The van der Waals surface area contributed by atoms with Gasteiger partial charge in [0.15, 0.2) is 0 Å². The molecule has 3 aliphatic heterocycles. The second-order valence-corrected chi connectivity index (χ2v) is 12.0. The number of aromatic nitrogens is 2. The lowest BCUT2D eigenvalue weighted by Crippen LogP contribution is -2.36. The quantitative estimate of drug-likeness (QED) is 0.242. The average Bonchev–Trinajstić information content (AvgIpc) is 3.01. The van der Waals surface area contributed by atoms with E-state index in [1.807, 2.05) is 29.7 Å². The third-order valence-corrected chi connectivity index (χ3v) is 10.0. The van der Waals surface area contributed by atoms with E-state index >= 15 is 0 Å². The molecule has 1 spiro atoms. The van der Waals surface area contributed by atoms with Gasteiger partial charge in [0.2, 0.25) is 0 Å². The summed E-state index contributed by atoms with van der Waals surface area (Å²) in [6, 6.07) is 31.7. The van der Waals surface area contributed by atoms with Crippen LogP contribution < -0.4 is 5.32 Å². The Morgan fingerprint density at radius 3 is 1.97 bits per heavy atom. The Hall–Kier alpha value is -4.06. The van der Waals surface area contributed by atoms with Crippen LogP contribution in [0.2, 0.25) is 0 Å². The molecule has 1 N–H and O–H groups in total. The van der Waals surface area contributed by atoms with E-state index in [-0.39, 0.29) is 0 Å². The van der Waals surface area contributed by atoms with Gasteiger partial charge in [-0.3, -0.25) is 9.97 Å². The second-order valence-electron chi connectivity index (χ2n) is 9.85. The highest BCUT2D eigenvalue weighted by atomic mass is 32.2. The number of allylic oxidation sites excluding steroid dienone is 2. The highest BCUT2D eigenvalue weighted by molar-refractivity contribution is 8.00. The van der Waals surface area contributed by atoms with E-state index in [9.17, 15) is 0 Å². The summed E-state index contributed by atoms with van der Waals surface area (Å²) in [6.07, 6.45) is 11.8. The number of benzene rings is 4. The van der Waals surface area contributed by atoms with Crippen LogP contribution in [0.4, 0.5) is 0 Å². The van der Waals surface area contributed by atoms with Gasteiger partial charge in [0.05, 0.1) is 17.3 Å². The van der Waals surface area contributed by atoms with Gasteiger partial charge in [-0.2, -0.15) is 0 Å². The fourth-order valence-corrected chi connectivity index (χ4v) is 8.57. The van der Waals surface area contributed by atoms with Gasteiger partial charge >= 0.3 is 0 Å². The first kappa shape index (κ1) is 22.9. The Morgan fingerprint density at radius 1 is 0.667 bits per heavy atom. The normalized spacial score (nSPS) is 15.8.